The van der Waals surface area contributed by atoms with Gasteiger partial charge in [0, 0.05) is 25.3 Å². The van der Waals surface area contributed by atoms with E-state index in [1.807, 2.05) is 38.4 Å². The number of ether oxygens (including phenoxy) is 1. The van der Waals surface area contributed by atoms with Gasteiger partial charge in [0.1, 0.15) is 6.10 Å². The van der Waals surface area contributed by atoms with E-state index in [0.29, 0.717) is 13.2 Å². The normalized spacial score (nSPS) is 17.6. The quantitative estimate of drug-likeness (QED) is 0.875. The minimum absolute atomic E-state index is 0. The molecular weight excluding hydrogens is 313 g/mol. The monoisotopic (exact) mass is 335 g/mol. The fraction of sp³-hybridized carbons (Fsp3) is 0.500. The maximum absolute atomic E-state index is 12.0. The summed E-state index contributed by atoms with van der Waals surface area (Å²) < 4.78 is 5.42. The zero-order chi connectivity index (χ0) is 13.7. The van der Waals surface area contributed by atoms with Crippen molar-refractivity contribution in [1.29, 1.82) is 0 Å². The van der Waals surface area contributed by atoms with Crippen LogP contribution in [0, 0.1) is 0 Å². The summed E-state index contributed by atoms with van der Waals surface area (Å²) in [4.78, 5) is 14.1. The van der Waals surface area contributed by atoms with Crippen molar-refractivity contribution in [2.75, 3.05) is 39.1 Å². The van der Waals surface area contributed by atoms with E-state index in [1.165, 1.54) is 5.56 Å². The van der Waals surface area contributed by atoms with Gasteiger partial charge >= 0.3 is 0 Å². The lowest BCUT2D eigenvalue weighted by Crippen LogP contribution is -2.45. The Morgan fingerprint density at radius 2 is 2.19 bits per heavy atom. The minimum Gasteiger partial charge on any atom is -0.366 e. The molecule has 0 spiro atoms. The zero-order valence-corrected chi connectivity index (χ0v) is 13.9. The molecule has 1 aromatic rings. The van der Waals surface area contributed by atoms with Gasteiger partial charge in [0.2, 0.25) is 0 Å². The van der Waals surface area contributed by atoms with Crippen molar-refractivity contribution >= 4 is 36.4 Å². The first-order chi connectivity index (χ1) is 9.15. The van der Waals surface area contributed by atoms with E-state index in [0.717, 1.165) is 18.8 Å². The lowest BCUT2D eigenvalue weighted by atomic mass is 10.2. The van der Waals surface area contributed by atoms with Crippen molar-refractivity contribution in [2.24, 2.45) is 0 Å². The van der Waals surface area contributed by atoms with E-state index in [4.69, 9.17) is 4.74 Å². The minimum atomic E-state index is -0.397. The van der Waals surface area contributed by atoms with Crippen LogP contribution in [0.3, 0.4) is 0 Å². The summed E-state index contributed by atoms with van der Waals surface area (Å²) in [6, 6.07) is 7.89. The van der Waals surface area contributed by atoms with E-state index in [-0.39, 0.29) is 30.7 Å². The Hall–Kier alpha value is -0.850. The predicted molar refractivity (Wildman–Crippen MR) is 89.6 cm³/mol. The lowest BCUT2D eigenvalue weighted by Gasteiger charge is -2.22. The number of hydrogen-bond acceptors (Lipinski definition) is 4. The largest absolute Gasteiger partial charge is 0.366 e. The number of rotatable bonds is 4. The Bertz CT molecular complexity index is 438. The topological polar surface area (TPSA) is 53.6 Å². The Morgan fingerprint density at radius 3 is 2.81 bits per heavy atom. The second-order valence-corrected chi connectivity index (χ2v) is 4.99. The molecule has 21 heavy (non-hydrogen) atoms. The maximum atomic E-state index is 12.0. The molecule has 0 aliphatic carbocycles. The van der Waals surface area contributed by atoms with Gasteiger partial charge in [0.05, 0.1) is 6.61 Å². The summed E-state index contributed by atoms with van der Waals surface area (Å²) in [5.74, 6) is -0.0887. The third-order valence-corrected chi connectivity index (χ3v) is 2.91. The Morgan fingerprint density at radius 1 is 1.43 bits per heavy atom. The lowest BCUT2D eigenvalue weighted by molar-refractivity contribution is -0.128. The van der Waals surface area contributed by atoms with Crippen LogP contribution in [0.1, 0.15) is 5.56 Å². The summed E-state index contributed by atoms with van der Waals surface area (Å²) in [5, 5.41) is 6.05. The van der Waals surface area contributed by atoms with Gasteiger partial charge in [-0.1, -0.05) is 12.1 Å². The number of nitrogens with one attached hydrogen (secondary N) is 2. The number of benzene rings is 1. The van der Waals surface area contributed by atoms with Crippen LogP contribution in [-0.2, 0) is 16.1 Å². The van der Waals surface area contributed by atoms with E-state index in [2.05, 4.69) is 15.5 Å². The molecule has 1 heterocycles. The van der Waals surface area contributed by atoms with Crippen LogP contribution >= 0.6 is 24.8 Å². The number of anilines is 1. The molecule has 5 nitrogen and oxygen atoms in total. The molecule has 1 aliphatic heterocycles. The molecule has 0 bridgehead atoms. The van der Waals surface area contributed by atoms with Crippen LogP contribution in [0.25, 0.3) is 0 Å². The number of halogens is 2. The van der Waals surface area contributed by atoms with Crippen LogP contribution in [0.4, 0.5) is 5.69 Å². The summed E-state index contributed by atoms with van der Waals surface area (Å²) in [7, 11) is 4.04. The first-order valence-corrected chi connectivity index (χ1v) is 6.52. The van der Waals surface area contributed by atoms with Crippen LogP contribution < -0.4 is 10.6 Å². The molecule has 1 aromatic carbocycles. The molecule has 7 heteroatoms. The van der Waals surface area contributed by atoms with Crippen LogP contribution in [0.2, 0.25) is 0 Å². The average molecular weight is 336 g/mol. The number of carbonyl (C=O) groups excluding carboxylic acids is 1. The molecule has 1 amide bonds. The second kappa shape index (κ2) is 9.97. The number of carbonyl (C=O) groups is 1. The fourth-order valence-electron chi connectivity index (χ4n) is 2.07. The van der Waals surface area contributed by atoms with Crippen molar-refractivity contribution in [3.05, 3.63) is 29.8 Å². The van der Waals surface area contributed by atoms with Gasteiger partial charge < -0.3 is 20.3 Å². The molecule has 0 saturated carbocycles. The van der Waals surface area contributed by atoms with Gasteiger partial charge in [0.15, 0.2) is 0 Å². The van der Waals surface area contributed by atoms with Crippen molar-refractivity contribution < 1.29 is 9.53 Å². The first-order valence-electron chi connectivity index (χ1n) is 6.52. The highest BCUT2D eigenvalue weighted by molar-refractivity contribution is 5.94. The van der Waals surface area contributed by atoms with E-state index in [9.17, 15) is 4.79 Å². The molecule has 2 rings (SSSR count). The number of nitrogens with zero attached hydrogens (tertiary/aromatic N) is 1. The number of morpholine rings is 1. The highest BCUT2D eigenvalue weighted by atomic mass is 35.5. The molecule has 1 aliphatic rings. The molecular formula is C14H23Cl2N3O2. The van der Waals surface area contributed by atoms with Crippen molar-refractivity contribution in [2.45, 2.75) is 12.6 Å². The van der Waals surface area contributed by atoms with Crippen molar-refractivity contribution in [3.8, 4) is 0 Å². The number of amides is 1. The highest BCUT2D eigenvalue weighted by Gasteiger charge is 2.21. The van der Waals surface area contributed by atoms with Crippen LogP contribution in [0.15, 0.2) is 24.3 Å². The van der Waals surface area contributed by atoms with E-state index in [1.54, 1.807) is 0 Å². The van der Waals surface area contributed by atoms with Crippen LogP contribution in [-0.4, -0.2) is 50.7 Å². The van der Waals surface area contributed by atoms with E-state index >= 15 is 0 Å². The van der Waals surface area contributed by atoms with Crippen LogP contribution in [0.5, 0.6) is 0 Å². The summed E-state index contributed by atoms with van der Waals surface area (Å²) in [6.07, 6.45) is -0.397. The molecule has 1 fully saturated rings. The Kier molecular flexibility index (Phi) is 9.57. The third-order valence-electron chi connectivity index (χ3n) is 2.91. The smallest absolute Gasteiger partial charge is 0.254 e. The average Bonchev–Trinajstić information content (AvgIpc) is 2.39. The molecule has 1 saturated heterocycles. The molecule has 0 radical (unpaired) electrons. The Labute approximate surface area is 138 Å². The summed E-state index contributed by atoms with van der Waals surface area (Å²) >= 11 is 0. The predicted octanol–water partition coefficient (Wildman–Crippen LogP) is 1.52. The van der Waals surface area contributed by atoms with Crippen molar-refractivity contribution in [1.82, 2.24) is 10.2 Å². The van der Waals surface area contributed by atoms with E-state index < -0.39 is 6.10 Å². The van der Waals surface area contributed by atoms with Gasteiger partial charge in [-0.25, -0.2) is 0 Å². The number of hydrogen-bond donors (Lipinski definition) is 2. The standard InChI is InChI=1S/C14H21N3O2.2ClH/c1-17(2)10-11-4-3-5-12(8-11)16-14(18)13-9-15-6-7-19-13;;/h3-5,8,13,15H,6-7,9-10H2,1-2H3,(H,16,18);2*1H. The van der Waals surface area contributed by atoms with Gasteiger partial charge in [-0.05, 0) is 31.8 Å². The third kappa shape index (κ3) is 6.63. The SMILES string of the molecule is CN(C)Cc1cccc(NC(=O)C2CNCCO2)c1.Cl.Cl. The molecule has 1 atom stereocenters. The zero-order valence-electron chi connectivity index (χ0n) is 12.3. The summed E-state index contributed by atoms with van der Waals surface area (Å²) in [6.45, 7) is 2.81. The van der Waals surface area contributed by atoms with Gasteiger partial charge in [-0.15, -0.1) is 24.8 Å². The van der Waals surface area contributed by atoms with Crippen molar-refractivity contribution in [3.63, 3.8) is 0 Å². The molecule has 0 aromatic heterocycles. The van der Waals surface area contributed by atoms with Gasteiger partial charge in [-0.2, -0.15) is 0 Å². The second-order valence-electron chi connectivity index (χ2n) is 4.99. The molecule has 1 unspecified atom stereocenters. The fourth-order valence-corrected chi connectivity index (χ4v) is 2.07. The summed E-state index contributed by atoms with van der Waals surface area (Å²) in [5.41, 5.74) is 1.99. The van der Waals surface area contributed by atoms with Gasteiger partial charge in [0.25, 0.3) is 5.91 Å². The molecule has 2 N–H and O–H groups in total. The Balaban J connectivity index is 0.00000200. The van der Waals surface area contributed by atoms with Gasteiger partial charge in [-0.3, -0.25) is 4.79 Å². The molecule has 120 valence electrons. The first kappa shape index (κ1) is 20.1. The highest BCUT2D eigenvalue weighted by Crippen LogP contribution is 2.13. The maximum Gasteiger partial charge on any atom is 0.254 e.